The Morgan fingerprint density at radius 3 is 2.48 bits per heavy atom. The van der Waals surface area contributed by atoms with Gasteiger partial charge in [0.15, 0.2) is 0 Å². The lowest BCUT2D eigenvalue weighted by molar-refractivity contribution is -0.159. The summed E-state index contributed by atoms with van der Waals surface area (Å²) in [6.07, 6.45) is -4.62. The molecule has 1 N–H and O–H groups in total. The van der Waals surface area contributed by atoms with Crippen molar-refractivity contribution in [3.05, 3.63) is 30.2 Å². The molecule has 0 saturated heterocycles. The molecule has 0 amide bonds. The van der Waals surface area contributed by atoms with E-state index in [0.717, 1.165) is 0 Å². The predicted molar refractivity (Wildman–Crippen MR) is 66.5 cm³/mol. The topological polar surface area (TPSA) is 68.4 Å². The predicted octanol–water partition coefficient (Wildman–Crippen LogP) is 2.91. The summed E-state index contributed by atoms with van der Waals surface area (Å²) >= 11 is 0. The van der Waals surface area contributed by atoms with E-state index < -0.39 is 18.2 Å². The van der Waals surface area contributed by atoms with Gasteiger partial charge >= 0.3 is 12.1 Å². The smallest absolute Gasteiger partial charge is 0.471 e. The molecule has 0 aliphatic heterocycles. The number of nitrogens with zero attached hydrogens (tertiary/aromatic N) is 2. The van der Waals surface area contributed by atoms with Gasteiger partial charge in [0.2, 0.25) is 5.82 Å². The van der Waals surface area contributed by atoms with Crippen molar-refractivity contribution in [2.45, 2.75) is 25.6 Å². The van der Waals surface area contributed by atoms with Crippen LogP contribution in [0.4, 0.5) is 13.2 Å². The summed E-state index contributed by atoms with van der Waals surface area (Å²) in [6.45, 7) is 2.00. The van der Waals surface area contributed by atoms with Crippen molar-refractivity contribution >= 4 is 0 Å². The van der Waals surface area contributed by atoms with Gasteiger partial charge in [0.25, 0.3) is 0 Å². The Balaban J connectivity index is 2.03. The number of benzene rings is 1. The fraction of sp³-hybridized carbons (Fsp3) is 0.385. The van der Waals surface area contributed by atoms with Crippen LogP contribution in [0.5, 0.6) is 5.75 Å². The Morgan fingerprint density at radius 2 is 1.95 bits per heavy atom. The monoisotopic (exact) mass is 302 g/mol. The molecule has 1 aromatic heterocycles. The number of hydrogen-bond acceptors (Lipinski definition) is 5. The first-order chi connectivity index (χ1) is 9.86. The zero-order valence-electron chi connectivity index (χ0n) is 11.1. The van der Waals surface area contributed by atoms with Crippen molar-refractivity contribution in [1.29, 1.82) is 0 Å². The standard InChI is InChI=1S/C13H13F3N2O3/c1-8(19)6-7-20-10-4-2-9(3-5-10)11-17-12(21-18-11)13(14,15)16/h2-5,8,19H,6-7H2,1H3. The van der Waals surface area contributed by atoms with E-state index in [1.54, 1.807) is 19.1 Å². The van der Waals surface area contributed by atoms with Gasteiger partial charge in [0, 0.05) is 12.0 Å². The maximum Gasteiger partial charge on any atom is 0.471 e. The Bertz CT molecular complexity index is 579. The van der Waals surface area contributed by atoms with Crippen molar-refractivity contribution < 1.29 is 27.5 Å². The number of aromatic nitrogens is 2. The summed E-state index contributed by atoms with van der Waals surface area (Å²) in [5.41, 5.74) is 0.386. The van der Waals surface area contributed by atoms with E-state index in [1.165, 1.54) is 12.1 Å². The van der Waals surface area contributed by atoms with Gasteiger partial charge in [-0.3, -0.25) is 0 Å². The van der Waals surface area contributed by atoms with Gasteiger partial charge in [-0.1, -0.05) is 5.16 Å². The van der Waals surface area contributed by atoms with E-state index in [1.807, 2.05) is 0 Å². The van der Waals surface area contributed by atoms with Crippen LogP contribution in [0, 0.1) is 0 Å². The molecule has 1 atom stereocenters. The number of aliphatic hydroxyl groups is 1. The first-order valence-electron chi connectivity index (χ1n) is 6.18. The number of rotatable bonds is 5. The number of ether oxygens (including phenoxy) is 1. The number of alkyl halides is 3. The zero-order chi connectivity index (χ0) is 15.5. The normalized spacial score (nSPS) is 13.2. The van der Waals surface area contributed by atoms with Crippen molar-refractivity contribution in [2.75, 3.05) is 6.61 Å². The molecule has 0 aliphatic carbocycles. The Kier molecular flexibility index (Phi) is 4.46. The second-order valence-electron chi connectivity index (χ2n) is 4.43. The SMILES string of the molecule is CC(O)CCOc1ccc(-c2noc(C(F)(F)F)n2)cc1. The minimum atomic E-state index is -4.66. The van der Waals surface area contributed by atoms with Crippen molar-refractivity contribution in [1.82, 2.24) is 10.1 Å². The lowest BCUT2D eigenvalue weighted by atomic mass is 10.2. The van der Waals surface area contributed by atoms with Crippen LogP contribution in [0.25, 0.3) is 11.4 Å². The quantitative estimate of drug-likeness (QED) is 0.919. The Labute approximate surface area is 118 Å². The number of hydrogen-bond donors (Lipinski definition) is 1. The van der Waals surface area contributed by atoms with Crippen LogP contribution >= 0.6 is 0 Å². The third-order valence-corrected chi connectivity index (χ3v) is 2.59. The Morgan fingerprint density at radius 1 is 1.29 bits per heavy atom. The van der Waals surface area contributed by atoms with Crippen LogP contribution in [0.3, 0.4) is 0 Å². The molecule has 2 rings (SSSR count). The van der Waals surface area contributed by atoms with Gasteiger partial charge in [0.05, 0.1) is 12.7 Å². The summed E-state index contributed by atoms with van der Waals surface area (Å²) in [5, 5.41) is 12.4. The Hall–Kier alpha value is -2.09. The molecule has 1 unspecified atom stereocenters. The number of halogens is 3. The average molecular weight is 302 g/mol. The van der Waals surface area contributed by atoms with Gasteiger partial charge in [-0.15, -0.1) is 0 Å². The second kappa shape index (κ2) is 6.13. The maximum absolute atomic E-state index is 12.3. The van der Waals surface area contributed by atoms with Gasteiger partial charge in [0.1, 0.15) is 5.75 Å². The summed E-state index contributed by atoms with van der Waals surface area (Å²) in [6, 6.07) is 6.23. The van der Waals surface area contributed by atoms with Gasteiger partial charge in [-0.05, 0) is 31.2 Å². The molecule has 0 fully saturated rings. The fourth-order valence-electron chi connectivity index (χ4n) is 1.50. The van der Waals surface area contributed by atoms with E-state index in [4.69, 9.17) is 9.84 Å². The average Bonchev–Trinajstić information content (AvgIpc) is 2.88. The van der Waals surface area contributed by atoms with E-state index >= 15 is 0 Å². The third-order valence-electron chi connectivity index (χ3n) is 2.59. The van der Waals surface area contributed by atoms with Crippen LogP contribution in [0.15, 0.2) is 28.8 Å². The molecular weight excluding hydrogens is 289 g/mol. The van der Waals surface area contributed by atoms with Crippen molar-refractivity contribution in [3.8, 4) is 17.1 Å². The van der Waals surface area contributed by atoms with E-state index in [-0.39, 0.29) is 5.82 Å². The minimum absolute atomic E-state index is 0.141. The highest BCUT2D eigenvalue weighted by molar-refractivity contribution is 5.55. The second-order valence-corrected chi connectivity index (χ2v) is 4.43. The lowest BCUT2D eigenvalue weighted by Crippen LogP contribution is -2.07. The van der Waals surface area contributed by atoms with Gasteiger partial charge < -0.3 is 14.4 Å². The van der Waals surface area contributed by atoms with Crippen LogP contribution in [-0.2, 0) is 6.18 Å². The van der Waals surface area contributed by atoms with E-state index in [2.05, 4.69) is 14.7 Å². The van der Waals surface area contributed by atoms with Crippen LogP contribution in [0.1, 0.15) is 19.2 Å². The molecule has 5 nitrogen and oxygen atoms in total. The molecule has 8 heteroatoms. The van der Waals surface area contributed by atoms with Crippen molar-refractivity contribution in [3.63, 3.8) is 0 Å². The first-order valence-corrected chi connectivity index (χ1v) is 6.18. The molecule has 1 heterocycles. The van der Waals surface area contributed by atoms with E-state index in [9.17, 15) is 13.2 Å². The summed E-state index contributed by atoms with van der Waals surface area (Å²) in [4.78, 5) is 3.29. The molecule has 0 aliphatic rings. The third kappa shape index (κ3) is 4.19. The largest absolute Gasteiger partial charge is 0.493 e. The highest BCUT2D eigenvalue weighted by Gasteiger charge is 2.38. The highest BCUT2D eigenvalue weighted by Crippen LogP contribution is 2.29. The first kappa shape index (κ1) is 15.3. The molecule has 0 spiro atoms. The molecule has 0 saturated carbocycles. The van der Waals surface area contributed by atoms with E-state index in [0.29, 0.717) is 24.3 Å². The molecule has 2 aromatic rings. The molecule has 21 heavy (non-hydrogen) atoms. The molecular formula is C13H13F3N2O3. The van der Waals surface area contributed by atoms with Crippen LogP contribution in [-0.4, -0.2) is 28.0 Å². The lowest BCUT2D eigenvalue weighted by Gasteiger charge is -2.07. The summed E-state index contributed by atoms with van der Waals surface area (Å²) in [7, 11) is 0. The molecule has 114 valence electrons. The summed E-state index contributed by atoms with van der Waals surface area (Å²) < 4.78 is 46.6. The minimum Gasteiger partial charge on any atom is -0.493 e. The molecule has 0 bridgehead atoms. The van der Waals surface area contributed by atoms with Gasteiger partial charge in [-0.25, -0.2) is 0 Å². The van der Waals surface area contributed by atoms with Crippen LogP contribution in [0.2, 0.25) is 0 Å². The van der Waals surface area contributed by atoms with Crippen LogP contribution < -0.4 is 4.74 Å². The molecule has 1 aromatic carbocycles. The van der Waals surface area contributed by atoms with Crippen molar-refractivity contribution in [2.24, 2.45) is 0 Å². The number of aliphatic hydroxyl groups excluding tert-OH is 1. The fourth-order valence-corrected chi connectivity index (χ4v) is 1.50. The van der Waals surface area contributed by atoms with Gasteiger partial charge in [-0.2, -0.15) is 18.2 Å². The summed E-state index contributed by atoms with van der Waals surface area (Å²) in [5.74, 6) is -0.980. The maximum atomic E-state index is 12.3. The zero-order valence-corrected chi connectivity index (χ0v) is 11.1. The highest BCUT2D eigenvalue weighted by atomic mass is 19.4. The molecule has 0 radical (unpaired) electrons.